The summed E-state index contributed by atoms with van der Waals surface area (Å²) in [5.74, 6) is -0.964. The number of carbonyl (C=O) groups excluding carboxylic acids is 3. The number of anilines is 2. The van der Waals surface area contributed by atoms with E-state index in [1.807, 2.05) is 42.5 Å². The number of carbonyl (C=O) groups is 3. The van der Waals surface area contributed by atoms with Crippen LogP contribution in [0.5, 0.6) is 0 Å². The van der Waals surface area contributed by atoms with Gasteiger partial charge in [-0.25, -0.2) is 9.69 Å². The van der Waals surface area contributed by atoms with E-state index in [1.54, 1.807) is 24.3 Å². The summed E-state index contributed by atoms with van der Waals surface area (Å²) in [5.41, 5.74) is 2.25. The molecule has 0 radical (unpaired) electrons. The van der Waals surface area contributed by atoms with Crippen molar-refractivity contribution < 1.29 is 14.4 Å². The van der Waals surface area contributed by atoms with Crippen molar-refractivity contribution in [2.75, 3.05) is 29.4 Å². The van der Waals surface area contributed by atoms with Gasteiger partial charge in [0.1, 0.15) is 0 Å². The summed E-state index contributed by atoms with van der Waals surface area (Å²) in [5, 5.41) is 2.53. The van der Waals surface area contributed by atoms with Crippen LogP contribution in [0.15, 0.2) is 84.9 Å². The molecule has 0 saturated carbocycles. The van der Waals surface area contributed by atoms with Gasteiger partial charge in [-0.05, 0) is 35.7 Å². The minimum absolute atomic E-state index is 0.255. The monoisotopic (exact) mass is 466 g/mol. The van der Waals surface area contributed by atoms with Gasteiger partial charge in [-0.1, -0.05) is 66.7 Å². The number of nitrogens with zero attached hydrogens (tertiary/aromatic N) is 3. The molecule has 6 rings (SSSR count). The number of barbiturate groups is 1. The summed E-state index contributed by atoms with van der Waals surface area (Å²) in [6.45, 7) is 2.78. The van der Waals surface area contributed by atoms with E-state index in [1.165, 1.54) is 5.56 Å². The van der Waals surface area contributed by atoms with E-state index < -0.39 is 29.3 Å². The third-order valence-electron chi connectivity index (χ3n) is 7.48. The van der Waals surface area contributed by atoms with Crippen molar-refractivity contribution in [3.05, 3.63) is 96.1 Å². The van der Waals surface area contributed by atoms with Crippen molar-refractivity contribution in [2.24, 2.45) is 5.41 Å². The van der Waals surface area contributed by atoms with Crippen molar-refractivity contribution in [3.63, 3.8) is 0 Å². The number of hydrogen-bond donors (Lipinski definition) is 1. The highest BCUT2D eigenvalue weighted by atomic mass is 16.2. The molecule has 4 amide bonds. The molecular weight excluding hydrogens is 440 g/mol. The number of para-hydroxylation sites is 2. The molecule has 2 saturated heterocycles. The van der Waals surface area contributed by atoms with Gasteiger partial charge in [0, 0.05) is 31.9 Å². The normalized spacial score (nSPS) is 24.2. The molecule has 0 bridgehead atoms. The van der Waals surface area contributed by atoms with Crippen molar-refractivity contribution in [1.29, 1.82) is 0 Å². The number of rotatable bonds is 3. The first-order valence-corrected chi connectivity index (χ1v) is 11.9. The molecule has 1 spiro atoms. The van der Waals surface area contributed by atoms with Gasteiger partial charge < -0.3 is 4.90 Å². The fraction of sp³-hybridized carbons (Fsp3) is 0.250. The second-order valence-electron chi connectivity index (χ2n) is 9.44. The molecule has 0 aromatic heterocycles. The first-order valence-electron chi connectivity index (χ1n) is 11.9. The Balaban J connectivity index is 1.44. The Morgan fingerprint density at radius 1 is 0.829 bits per heavy atom. The van der Waals surface area contributed by atoms with Gasteiger partial charge >= 0.3 is 6.03 Å². The maximum Gasteiger partial charge on any atom is 0.335 e. The van der Waals surface area contributed by atoms with Crippen LogP contribution in [0.4, 0.5) is 16.2 Å². The second kappa shape index (κ2) is 8.36. The molecule has 2 unspecified atom stereocenters. The zero-order valence-corrected chi connectivity index (χ0v) is 19.3. The molecule has 2 fully saturated rings. The molecule has 7 nitrogen and oxygen atoms in total. The molecule has 7 heteroatoms. The highest BCUT2D eigenvalue weighted by molar-refractivity contribution is 6.30. The van der Waals surface area contributed by atoms with Gasteiger partial charge in [0.2, 0.25) is 5.91 Å². The number of amides is 4. The topological polar surface area (TPSA) is 73.0 Å². The number of urea groups is 1. The molecular formula is C28H26N4O3. The van der Waals surface area contributed by atoms with Crippen LogP contribution in [0, 0.1) is 5.41 Å². The Morgan fingerprint density at radius 3 is 2.29 bits per heavy atom. The largest absolute Gasteiger partial charge is 0.364 e. The van der Waals surface area contributed by atoms with Gasteiger partial charge in [0.25, 0.3) is 5.91 Å². The molecule has 3 aromatic carbocycles. The van der Waals surface area contributed by atoms with Gasteiger partial charge in [-0.3, -0.25) is 19.8 Å². The van der Waals surface area contributed by atoms with E-state index in [-0.39, 0.29) is 6.42 Å². The number of nitrogens with one attached hydrogen (secondary N) is 1. The average molecular weight is 467 g/mol. The van der Waals surface area contributed by atoms with E-state index in [0.29, 0.717) is 18.8 Å². The lowest BCUT2D eigenvalue weighted by Crippen LogP contribution is -2.75. The number of fused-ring (bicyclic) bond motifs is 4. The fourth-order valence-corrected chi connectivity index (χ4v) is 5.81. The van der Waals surface area contributed by atoms with Crippen LogP contribution >= 0.6 is 0 Å². The standard InChI is InChI=1S/C28H26N4O3/c33-25-28(26(34)32(27(35)29-25)22-12-5-2-6-13-22)17-21-11-7-8-14-23(21)31-16-15-30(19-24(28)31)18-20-9-3-1-4-10-20/h1-14,24H,15-19H2,(H,29,33,35). The van der Waals surface area contributed by atoms with Crippen LogP contribution in [0.25, 0.3) is 0 Å². The van der Waals surface area contributed by atoms with Crippen LogP contribution in [0.1, 0.15) is 11.1 Å². The second-order valence-corrected chi connectivity index (χ2v) is 9.44. The van der Waals surface area contributed by atoms with Crippen molar-refractivity contribution in [2.45, 2.75) is 19.0 Å². The third kappa shape index (κ3) is 3.42. The van der Waals surface area contributed by atoms with Gasteiger partial charge in [0.15, 0.2) is 5.41 Å². The lowest BCUT2D eigenvalue weighted by atomic mass is 9.67. The van der Waals surface area contributed by atoms with E-state index in [4.69, 9.17) is 0 Å². The average Bonchev–Trinajstić information content (AvgIpc) is 2.88. The van der Waals surface area contributed by atoms with E-state index >= 15 is 0 Å². The minimum atomic E-state index is -1.41. The molecule has 3 heterocycles. The van der Waals surface area contributed by atoms with E-state index in [0.717, 1.165) is 29.2 Å². The Labute approximate surface area is 203 Å². The number of benzene rings is 3. The van der Waals surface area contributed by atoms with Gasteiger partial charge in [-0.2, -0.15) is 0 Å². The van der Waals surface area contributed by atoms with Crippen molar-refractivity contribution in [3.8, 4) is 0 Å². The molecule has 3 aliphatic heterocycles. The number of hydrogen-bond acceptors (Lipinski definition) is 5. The summed E-state index contributed by atoms with van der Waals surface area (Å²) < 4.78 is 0. The van der Waals surface area contributed by atoms with E-state index in [9.17, 15) is 14.4 Å². The first-order chi connectivity index (χ1) is 17.1. The van der Waals surface area contributed by atoms with Crippen molar-refractivity contribution in [1.82, 2.24) is 10.2 Å². The van der Waals surface area contributed by atoms with Crippen molar-refractivity contribution >= 4 is 29.2 Å². The summed E-state index contributed by atoms with van der Waals surface area (Å²) in [7, 11) is 0. The van der Waals surface area contributed by atoms with Gasteiger partial charge in [-0.15, -0.1) is 0 Å². The van der Waals surface area contributed by atoms with Crippen LogP contribution in [-0.4, -0.2) is 48.4 Å². The fourth-order valence-electron chi connectivity index (χ4n) is 5.81. The maximum absolute atomic E-state index is 14.3. The van der Waals surface area contributed by atoms with Crippen LogP contribution < -0.4 is 15.1 Å². The predicted octanol–water partition coefficient (Wildman–Crippen LogP) is 3.20. The SMILES string of the molecule is O=C1NC(=O)C2(Cc3ccccc3N3CCN(Cc4ccccc4)CC32)C(=O)N1c1ccccc1. The minimum Gasteiger partial charge on any atom is -0.364 e. The summed E-state index contributed by atoms with van der Waals surface area (Å²) in [4.78, 5) is 46.5. The molecule has 3 aromatic rings. The van der Waals surface area contributed by atoms with Crippen LogP contribution in [-0.2, 0) is 22.6 Å². The smallest absolute Gasteiger partial charge is 0.335 e. The van der Waals surface area contributed by atoms with E-state index in [2.05, 4.69) is 33.3 Å². The Kier molecular flexibility index (Phi) is 5.15. The zero-order valence-electron chi connectivity index (χ0n) is 19.3. The maximum atomic E-state index is 14.3. The number of imide groups is 2. The molecule has 35 heavy (non-hydrogen) atoms. The summed E-state index contributed by atoms with van der Waals surface area (Å²) in [6, 6.07) is 25.9. The molecule has 3 aliphatic rings. The number of piperazine rings is 1. The van der Waals surface area contributed by atoms with Crippen LogP contribution in [0.3, 0.4) is 0 Å². The molecule has 1 N–H and O–H groups in total. The molecule has 176 valence electrons. The van der Waals surface area contributed by atoms with Gasteiger partial charge in [0.05, 0.1) is 11.7 Å². The third-order valence-corrected chi connectivity index (χ3v) is 7.48. The molecule has 2 atom stereocenters. The Hall–Kier alpha value is -3.97. The lowest BCUT2D eigenvalue weighted by molar-refractivity contribution is -0.145. The predicted molar refractivity (Wildman–Crippen MR) is 133 cm³/mol. The molecule has 0 aliphatic carbocycles. The Morgan fingerprint density at radius 2 is 1.51 bits per heavy atom. The Bertz CT molecular complexity index is 1300. The lowest BCUT2D eigenvalue weighted by Gasteiger charge is -2.55. The quantitative estimate of drug-likeness (QED) is 0.601. The summed E-state index contributed by atoms with van der Waals surface area (Å²) >= 11 is 0. The first kappa shape index (κ1) is 21.6. The summed E-state index contributed by atoms with van der Waals surface area (Å²) in [6.07, 6.45) is 0.255. The highest BCUT2D eigenvalue weighted by Gasteiger charge is 2.63. The zero-order chi connectivity index (χ0) is 24.0. The highest BCUT2D eigenvalue weighted by Crippen LogP contribution is 2.46. The van der Waals surface area contributed by atoms with Crippen LogP contribution in [0.2, 0.25) is 0 Å².